The van der Waals surface area contributed by atoms with Gasteiger partial charge in [0, 0.05) is 6.20 Å². The highest BCUT2D eigenvalue weighted by Crippen LogP contribution is 2.31. The minimum atomic E-state index is -4.51. The molecule has 5 nitrogen and oxygen atoms in total. The summed E-state index contributed by atoms with van der Waals surface area (Å²) in [5, 5.41) is 3.67. The molecule has 0 aromatic carbocycles. The summed E-state index contributed by atoms with van der Waals surface area (Å²) >= 11 is 2.97. The van der Waals surface area contributed by atoms with E-state index in [1.54, 1.807) is 6.92 Å². The molecule has 0 saturated heterocycles. The van der Waals surface area contributed by atoms with Crippen molar-refractivity contribution in [3.05, 3.63) is 28.1 Å². The first-order chi connectivity index (χ1) is 8.82. The van der Waals surface area contributed by atoms with Gasteiger partial charge in [0.2, 0.25) is 0 Å². The highest BCUT2D eigenvalue weighted by molar-refractivity contribution is 9.10. The molecule has 2 aromatic rings. The number of nitrogens with zero attached hydrogens (tertiary/aromatic N) is 3. The van der Waals surface area contributed by atoms with Crippen LogP contribution in [0.4, 0.5) is 13.2 Å². The third-order valence-corrected chi connectivity index (χ3v) is 2.76. The van der Waals surface area contributed by atoms with E-state index in [0.717, 1.165) is 16.8 Å². The number of carbonyl (C=O) groups excluding carboxylic acids is 1. The second-order valence-corrected chi connectivity index (χ2v) is 4.35. The van der Waals surface area contributed by atoms with Crippen LogP contribution >= 0.6 is 15.9 Å². The number of pyridine rings is 1. The van der Waals surface area contributed by atoms with Crippen molar-refractivity contribution in [1.29, 1.82) is 0 Å². The van der Waals surface area contributed by atoms with Crippen LogP contribution in [0.3, 0.4) is 0 Å². The van der Waals surface area contributed by atoms with Crippen LogP contribution in [0.2, 0.25) is 0 Å². The van der Waals surface area contributed by atoms with Crippen molar-refractivity contribution >= 4 is 27.5 Å². The van der Waals surface area contributed by atoms with Gasteiger partial charge in [-0.2, -0.15) is 18.2 Å². The summed E-state index contributed by atoms with van der Waals surface area (Å²) in [6.07, 6.45) is -3.75. The third kappa shape index (κ3) is 2.70. The molecule has 0 spiro atoms. The molecule has 0 unspecified atom stereocenters. The van der Waals surface area contributed by atoms with E-state index in [9.17, 15) is 18.0 Å². The number of hydrogen-bond donors (Lipinski definition) is 0. The maximum atomic E-state index is 12.6. The van der Waals surface area contributed by atoms with Crippen LogP contribution in [0.5, 0.6) is 0 Å². The number of fused-ring (bicyclic) bond motifs is 1. The Morgan fingerprint density at radius 1 is 1.53 bits per heavy atom. The first-order valence-corrected chi connectivity index (χ1v) is 5.92. The van der Waals surface area contributed by atoms with E-state index in [0.29, 0.717) is 0 Å². The molecule has 2 heterocycles. The fourth-order valence-electron chi connectivity index (χ4n) is 1.38. The van der Waals surface area contributed by atoms with Crippen molar-refractivity contribution in [3.63, 3.8) is 0 Å². The number of alkyl halides is 3. The van der Waals surface area contributed by atoms with Gasteiger partial charge in [0.1, 0.15) is 0 Å². The van der Waals surface area contributed by atoms with Crippen LogP contribution < -0.4 is 0 Å². The minimum absolute atomic E-state index is 0.0883. The lowest BCUT2D eigenvalue weighted by atomic mass is 10.3. The largest absolute Gasteiger partial charge is 0.460 e. The van der Waals surface area contributed by atoms with Crippen LogP contribution in [0.1, 0.15) is 23.1 Å². The van der Waals surface area contributed by atoms with E-state index in [1.165, 1.54) is 0 Å². The topological polar surface area (TPSA) is 56.5 Å². The maximum Gasteiger partial charge on any atom is 0.417 e. The Bertz CT molecular complexity index is 639. The second-order valence-electron chi connectivity index (χ2n) is 3.50. The van der Waals surface area contributed by atoms with E-state index in [-0.39, 0.29) is 22.6 Å². The number of ether oxygens (including phenoxy) is 1. The average Bonchev–Trinajstić information content (AvgIpc) is 2.72. The summed E-state index contributed by atoms with van der Waals surface area (Å²) in [4.78, 5) is 15.2. The van der Waals surface area contributed by atoms with Crippen molar-refractivity contribution in [3.8, 4) is 0 Å². The summed E-state index contributed by atoms with van der Waals surface area (Å²) in [5.74, 6) is -1.08. The molecule has 9 heteroatoms. The van der Waals surface area contributed by atoms with Crippen molar-refractivity contribution in [1.82, 2.24) is 14.6 Å². The molecule has 0 aliphatic rings. The number of hydrogen-bond acceptors (Lipinski definition) is 4. The number of esters is 1. The van der Waals surface area contributed by atoms with E-state index < -0.39 is 17.7 Å². The number of halogens is 4. The highest BCUT2D eigenvalue weighted by atomic mass is 79.9. The maximum absolute atomic E-state index is 12.6. The van der Waals surface area contributed by atoms with E-state index in [2.05, 4.69) is 30.7 Å². The van der Waals surface area contributed by atoms with Crippen LogP contribution in [-0.2, 0) is 10.9 Å². The molecule has 0 N–H and O–H groups in total. The van der Waals surface area contributed by atoms with Crippen molar-refractivity contribution in [2.75, 3.05) is 6.61 Å². The summed E-state index contributed by atoms with van der Waals surface area (Å²) in [5.41, 5.74) is -0.789. The predicted molar refractivity (Wildman–Crippen MR) is 61.6 cm³/mol. The zero-order valence-corrected chi connectivity index (χ0v) is 11.1. The molecule has 0 saturated carbocycles. The van der Waals surface area contributed by atoms with Gasteiger partial charge in [-0.15, -0.1) is 5.10 Å². The molecule has 19 heavy (non-hydrogen) atoms. The molecule has 2 aromatic heterocycles. The standard InChI is InChI=1S/C10H7BrF3N3O2/c1-2-19-9(18)7-15-8-6(11)3-5(10(12,13)14)4-17(8)16-7/h3-4H,2H2,1H3. The van der Waals surface area contributed by atoms with Crippen molar-refractivity contribution in [2.24, 2.45) is 0 Å². The van der Waals surface area contributed by atoms with Crippen molar-refractivity contribution in [2.45, 2.75) is 13.1 Å². The molecule has 0 bridgehead atoms. The van der Waals surface area contributed by atoms with Gasteiger partial charge in [-0.3, -0.25) is 0 Å². The molecule has 102 valence electrons. The lowest BCUT2D eigenvalue weighted by Gasteiger charge is -2.06. The Labute approximate surface area is 113 Å². The van der Waals surface area contributed by atoms with Crippen LogP contribution in [0.25, 0.3) is 5.65 Å². The first kappa shape index (κ1) is 13.8. The van der Waals surface area contributed by atoms with E-state index in [4.69, 9.17) is 0 Å². The monoisotopic (exact) mass is 337 g/mol. The SMILES string of the molecule is CCOC(=O)c1nc2c(Br)cc(C(F)(F)F)cn2n1. The second kappa shape index (κ2) is 4.80. The summed E-state index contributed by atoms with van der Waals surface area (Å²) in [7, 11) is 0. The molecule has 0 atom stereocenters. The van der Waals surface area contributed by atoms with E-state index >= 15 is 0 Å². The average molecular weight is 338 g/mol. The van der Waals surface area contributed by atoms with Crippen LogP contribution in [0.15, 0.2) is 16.7 Å². The quantitative estimate of drug-likeness (QED) is 0.790. The lowest BCUT2D eigenvalue weighted by Crippen LogP contribution is -2.08. The Morgan fingerprint density at radius 2 is 2.21 bits per heavy atom. The van der Waals surface area contributed by atoms with Gasteiger partial charge in [0.25, 0.3) is 5.82 Å². The van der Waals surface area contributed by atoms with E-state index in [1.807, 2.05) is 0 Å². The van der Waals surface area contributed by atoms with Gasteiger partial charge in [0.15, 0.2) is 5.65 Å². The zero-order chi connectivity index (χ0) is 14.2. The normalized spacial score (nSPS) is 11.8. The van der Waals surface area contributed by atoms with Gasteiger partial charge in [-0.1, -0.05) is 0 Å². The molecule has 0 fully saturated rings. The Kier molecular flexibility index (Phi) is 3.48. The van der Waals surface area contributed by atoms with Gasteiger partial charge in [-0.25, -0.2) is 9.31 Å². The molecular formula is C10H7BrF3N3O2. The molecule has 0 aliphatic carbocycles. The van der Waals surface area contributed by atoms with Gasteiger partial charge < -0.3 is 4.74 Å². The first-order valence-electron chi connectivity index (χ1n) is 5.13. The molecule has 2 rings (SSSR count). The third-order valence-electron chi connectivity index (χ3n) is 2.17. The fraction of sp³-hybridized carbons (Fsp3) is 0.300. The van der Waals surface area contributed by atoms with Gasteiger partial charge in [0.05, 0.1) is 16.6 Å². The van der Waals surface area contributed by atoms with Crippen LogP contribution in [0, 0.1) is 0 Å². The smallest absolute Gasteiger partial charge is 0.417 e. The fourth-order valence-corrected chi connectivity index (χ4v) is 1.90. The van der Waals surface area contributed by atoms with Gasteiger partial charge >= 0.3 is 12.1 Å². The highest BCUT2D eigenvalue weighted by Gasteiger charge is 2.32. The van der Waals surface area contributed by atoms with Crippen molar-refractivity contribution < 1.29 is 22.7 Å². The Hall–Kier alpha value is -1.64. The molecule has 0 radical (unpaired) electrons. The number of aromatic nitrogens is 3. The zero-order valence-electron chi connectivity index (χ0n) is 9.53. The summed E-state index contributed by atoms with van der Waals surface area (Å²) < 4.78 is 43.5. The number of carbonyl (C=O) groups is 1. The molecule has 0 amide bonds. The van der Waals surface area contributed by atoms with Gasteiger partial charge in [-0.05, 0) is 28.9 Å². The summed E-state index contributed by atoms with van der Waals surface area (Å²) in [6.45, 7) is 1.73. The number of rotatable bonds is 2. The lowest BCUT2D eigenvalue weighted by molar-refractivity contribution is -0.138. The Morgan fingerprint density at radius 3 is 2.79 bits per heavy atom. The molecule has 0 aliphatic heterocycles. The predicted octanol–water partition coefficient (Wildman–Crippen LogP) is 2.69. The molecular weight excluding hydrogens is 331 g/mol. The van der Waals surface area contributed by atoms with Crippen LogP contribution in [-0.4, -0.2) is 27.2 Å². The summed E-state index contributed by atoms with van der Waals surface area (Å²) in [6, 6.07) is 0.874. The Balaban J connectivity index is 2.54. The minimum Gasteiger partial charge on any atom is -0.460 e.